The second-order valence-corrected chi connectivity index (χ2v) is 6.64. The molecule has 0 saturated heterocycles. The van der Waals surface area contributed by atoms with Crippen molar-refractivity contribution in [3.8, 4) is 0 Å². The highest BCUT2D eigenvalue weighted by atomic mass is 16.5. The molecule has 4 atom stereocenters. The molecule has 0 aromatic heterocycles. The smallest absolute Gasteiger partial charge is 0.328 e. The van der Waals surface area contributed by atoms with Crippen LogP contribution in [0.15, 0.2) is 12.2 Å². The predicted octanol–water partition coefficient (Wildman–Crippen LogP) is 3.03. The number of hydrogen-bond acceptors (Lipinski definition) is 4. The molecule has 136 valence electrons. The van der Waals surface area contributed by atoms with Crippen LogP contribution < -0.4 is 5.32 Å². The lowest BCUT2D eigenvalue weighted by Crippen LogP contribution is -2.46. The molecule has 1 saturated carbocycles. The number of amides is 1. The van der Waals surface area contributed by atoms with Crippen LogP contribution in [0.5, 0.6) is 0 Å². The average Bonchev–Trinajstić information content (AvgIpc) is 2.91. The molecule has 5 heteroatoms. The fraction of sp³-hybridized carbons (Fsp3) is 0.737. The number of carbonyl (C=O) groups is 3. The third-order valence-corrected chi connectivity index (χ3v) is 4.97. The van der Waals surface area contributed by atoms with Crippen LogP contribution in [0.25, 0.3) is 0 Å². The van der Waals surface area contributed by atoms with Gasteiger partial charge in [-0.2, -0.15) is 0 Å². The average molecular weight is 337 g/mol. The first kappa shape index (κ1) is 20.4. The zero-order valence-electron chi connectivity index (χ0n) is 15.3. The second kappa shape index (κ2) is 10.3. The Bertz CT molecular complexity index is 472. The van der Waals surface area contributed by atoms with E-state index >= 15 is 0 Å². The summed E-state index contributed by atoms with van der Waals surface area (Å²) in [5.74, 6) is -0.333. The van der Waals surface area contributed by atoms with E-state index in [2.05, 4.69) is 18.3 Å². The van der Waals surface area contributed by atoms with Crippen LogP contribution in [0.1, 0.15) is 59.3 Å². The number of Topliss-reactive ketones (excluding diaryl/α,β-unsaturated/α-hetero) is 1. The monoisotopic (exact) mass is 337 g/mol. The topological polar surface area (TPSA) is 72.5 Å². The lowest BCUT2D eigenvalue weighted by atomic mass is 9.89. The molecule has 1 rings (SSSR count). The molecule has 1 fully saturated rings. The minimum atomic E-state index is -0.622. The molecule has 0 unspecified atom stereocenters. The van der Waals surface area contributed by atoms with Gasteiger partial charge in [0.05, 0.1) is 7.11 Å². The second-order valence-electron chi connectivity index (χ2n) is 6.64. The Morgan fingerprint density at radius 3 is 2.62 bits per heavy atom. The van der Waals surface area contributed by atoms with Crippen molar-refractivity contribution in [1.82, 2.24) is 5.32 Å². The quantitative estimate of drug-likeness (QED) is 0.518. The Morgan fingerprint density at radius 1 is 1.33 bits per heavy atom. The zero-order chi connectivity index (χ0) is 18.1. The number of ether oxygens (including phenoxy) is 1. The van der Waals surface area contributed by atoms with Crippen LogP contribution >= 0.6 is 0 Å². The third-order valence-electron chi connectivity index (χ3n) is 4.97. The Balaban J connectivity index is 2.65. The largest absolute Gasteiger partial charge is 0.467 e. The zero-order valence-corrected chi connectivity index (χ0v) is 15.3. The molecule has 0 aliphatic heterocycles. The van der Waals surface area contributed by atoms with Crippen LogP contribution in [0.2, 0.25) is 0 Å². The van der Waals surface area contributed by atoms with Crippen molar-refractivity contribution in [2.75, 3.05) is 7.11 Å². The summed E-state index contributed by atoms with van der Waals surface area (Å²) in [7, 11) is 1.33. The molecule has 0 bridgehead atoms. The van der Waals surface area contributed by atoms with E-state index in [9.17, 15) is 14.4 Å². The van der Waals surface area contributed by atoms with Crippen molar-refractivity contribution in [2.24, 2.45) is 17.8 Å². The summed E-state index contributed by atoms with van der Waals surface area (Å²) >= 11 is 0. The summed E-state index contributed by atoms with van der Waals surface area (Å²) in [6.07, 6.45) is 8.11. The maximum absolute atomic E-state index is 12.4. The van der Waals surface area contributed by atoms with Gasteiger partial charge in [-0.05, 0) is 31.1 Å². The summed E-state index contributed by atoms with van der Waals surface area (Å²) in [6.45, 7) is 5.94. The number of hydrogen-bond donors (Lipinski definition) is 1. The lowest BCUT2D eigenvalue weighted by Gasteiger charge is -2.23. The van der Waals surface area contributed by atoms with E-state index in [0.29, 0.717) is 19.3 Å². The van der Waals surface area contributed by atoms with Crippen molar-refractivity contribution < 1.29 is 19.1 Å². The van der Waals surface area contributed by atoms with Gasteiger partial charge < -0.3 is 10.1 Å². The fourth-order valence-corrected chi connectivity index (χ4v) is 3.22. The van der Waals surface area contributed by atoms with Crippen LogP contribution in [0, 0.1) is 17.8 Å². The molecular formula is C19H31NO4. The van der Waals surface area contributed by atoms with Gasteiger partial charge in [0.1, 0.15) is 11.8 Å². The third kappa shape index (κ3) is 5.77. The first-order valence-corrected chi connectivity index (χ1v) is 8.99. The summed E-state index contributed by atoms with van der Waals surface area (Å²) in [5, 5.41) is 2.81. The van der Waals surface area contributed by atoms with Gasteiger partial charge >= 0.3 is 5.97 Å². The number of rotatable bonds is 9. The van der Waals surface area contributed by atoms with Crippen LogP contribution in [0.4, 0.5) is 0 Å². The van der Waals surface area contributed by atoms with Gasteiger partial charge in [0.2, 0.25) is 5.91 Å². The van der Waals surface area contributed by atoms with Crippen molar-refractivity contribution in [2.45, 2.75) is 65.3 Å². The Morgan fingerprint density at radius 2 is 2.04 bits per heavy atom. The van der Waals surface area contributed by atoms with Gasteiger partial charge in [-0.15, -0.1) is 0 Å². The van der Waals surface area contributed by atoms with Gasteiger partial charge in [0.25, 0.3) is 0 Å². The highest BCUT2D eigenvalue weighted by Crippen LogP contribution is 2.34. The van der Waals surface area contributed by atoms with E-state index in [1.54, 1.807) is 0 Å². The number of ketones is 1. The summed E-state index contributed by atoms with van der Waals surface area (Å²) in [5.41, 5.74) is 0. The van der Waals surface area contributed by atoms with Crippen molar-refractivity contribution in [3.63, 3.8) is 0 Å². The van der Waals surface area contributed by atoms with Gasteiger partial charge in [-0.3, -0.25) is 9.59 Å². The van der Waals surface area contributed by atoms with E-state index in [-0.39, 0.29) is 29.4 Å². The number of allylic oxidation sites excluding steroid dienone is 2. The molecule has 0 aromatic carbocycles. The maximum Gasteiger partial charge on any atom is 0.328 e. The normalized spacial score (nSPS) is 23.2. The number of carbonyl (C=O) groups excluding carboxylic acids is 3. The number of esters is 1. The Labute approximate surface area is 145 Å². The highest BCUT2D eigenvalue weighted by Gasteiger charge is 2.36. The van der Waals surface area contributed by atoms with E-state index in [0.717, 1.165) is 19.3 Å². The Kier molecular flexibility index (Phi) is 8.72. The van der Waals surface area contributed by atoms with Crippen molar-refractivity contribution >= 4 is 17.7 Å². The molecule has 1 N–H and O–H groups in total. The minimum absolute atomic E-state index is 0.00916. The molecule has 1 aliphatic rings. The van der Waals surface area contributed by atoms with E-state index in [1.165, 1.54) is 7.11 Å². The molecule has 1 aliphatic carbocycles. The van der Waals surface area contributed by atoms with Crippen LogP contribution in [-0.4, -0.2) is 30.8 Å². The molecule has 24 heavy (non-hydrogen) atoms. The molecule has 5 nitrogen and oxygen atoms in total. The Hall–Kier alpha value is -1.65. The maximum atomic E-state index is 12.4. The predicted molar refractivity (Wildman–Crippen MR) is 93.3 cm³/mol. The van der Waals surface area contributed by atoms with Crippen LogP contribution in [-0.2, 0) is 19.1 Å². The van der Waals surface area contributed by atoms with E-state index in [1.807, 2.05) is 19.9 Å². The first-order valence-electron chi connectivity index (χ1n) is 8.99. The SMILES string of the molecule is CC/C=C\C[C@@H]1C(=O)CC[C@H]1CC(=O)N[C@H](C(=O)OC)[C@@H](C)CC. The van der Waals surface area contributed by atoms with Gasteiger partial charge in [0, 0.05) is 18.8 Å². The minimum Gasteiger partial charge on any atom is -0.467 e. The molecule has 0 aromatic rings. The first-order chi connectivity index (χ1) is 11.4. The molecule has 1 amide bonds. The van der Waals surface area contributed by atoms with E-state index < -0.39 is 12.0 Å². The fourth-order valence-electron chi connectivity index (χ4n) is 3.22. The highest BCUT2D eigenvalue weighted by molar-refractivity contribution is 5.87. The van der Waals surface area contributed by atoms with Crippen molar-refractivity contribution in [1.29, 1.82) is 0 Å². The van der Waals surface area contributed by atoms with Gasteiger partial charge in [-0.1, -0.05) is 39.3 Å². The van der Waals surface area contributed by atoms with Crippen molar-refractivity contribution in [3.05, 3.63) is 12.2 Å². The summed E-state index contributed by atoms with van der Waals surface area (Å²) in [6, 6.07) is -0.622. The molecular weight excluding hydrogens is 306 g/mol. The number of methoxy groups -OCH3 is 1. The summed E-state index contributed by atoms with van der Waals surface area (Å²) in [4.78, 5) is 36.3. The summed E-state index contributed by atoms with van der Waals surface area (Å²) < 4.78 is 4.79. The number of nitrogens with one attached hydrogen (secondary N) is 1. The van der Waals surface area contributed by atoms with Gasteiger partial charge in [0.15, 0.2) is 0 Å². The van der Waals surface area contributed by atoms with E-state index in [4.69, 9.17) is 4.74 Å². The van der Waals surface area contributed by atoms with Gasteiger partial charge in [-0.25, -0.2) is 4.79 Å². The standard InChI is InChI=1S/C19H31NO4/c1-5-7-8-9-15-14(10-11-16(15)21)12-17(22)20-18(13(3)6-2)19(23)24-4/h7-8,13-15,18H,5-6,9-12H2,1-4H3,(H,20,22)/b8-7-/t13-,14-,15-,18-/m0/s1. The molecule has 0 heterocycles. The molecule has 0 radical (unpaired) electrons. The molecule has 0 spiro atoms. The van der Waals surface area contributed by atoms with Crippen LogP contribution in [0.3, 0.4) is 0 Å². The lowest BCUT2D eigenvalue weighted by molar-refractivity contribution is -0.146.